The van der Waals surface area contributed by atoms with Gasteiger partial charge in [-0.1, -0.05) is 6.07 Å². The molecule has 1 rings (SSSR count). The molecule has 4 heteroatoms. The predicted molar refractivity (Wildman–Crippen MR) is 59.4 cm³/mol. The Labute approximate surface area is 89.9 Å². The first-order valence-electron chi connectivity index (χ1n) is 4.92. The van der Waals surface area contributed by atoms with Crippen LogP contribution in [0.4, 0.5) is 0 Å². The summed E-state index contributed by atoms with van der Waals surface area (Å²) in [6.45, 7) is 5.63. The van der Waals surface area contributed by atoms with E-state index in [4.69, 9.17) is 5.73 Å². The van der Waals surface area contributed by atoms with E-state index >= 15 is 0 Å². The minimum Gasteiger partial charge on any atom is -0.344 e. The van der Waals surface area contributed by atoms with E-state index in [-0.39, 0.29) is 11.9 Å². The number of carbonyl (C=O) groups excluding carboxylic acids is 1. The second kappa shape index (κ2) is 4.40. The van der Waals surface area contributed by atoms with E-state index in [0.717, 1.165) is 0 Å². The Morgan fingerprint density at radius 3 is 2.67 bits per heavy atom. The highest BCUT2D eigenvalue weighted by molar-refractivity contribution is 5.92. The molecule has 0 saturated heterocycles. The van der Waals surface area contributed by atoms with Gasteiger partial charge in [-0.2, -0.15) is 0 Å². The Morgan fingerprint density at radius 1 is 1.53 bits per heavy atom. The van der Waals surface area contributed by atoms with Crippen molar-refractivity contribution in [3.8, 4) is 0 Å². The number of hydrogen-bond donors (Lipinski definition) is 2. The molecule has 15 heavy (non-hydrogen) atoms. The first-order valence-corrected chi connectivity index (χ1v) is 4.92. The summed E-state index contributed by atoms with van der Waals surface area (Å²) < 4.78 is 0. The maximum atomic E-state index is 11.7. The summed E-state index contributed by atoms with van der Waals surface area (Å²) in [6.07, 6.45) is 1.59. The zero-order valence-electron chi connectivity index (χ0n) is 9.32. The molecule has 1 amide bonds. The number of hydrogen-bond acceptors (Lipinski definition) is 3. The summed E-state index contributed by atoms with van der Waals surface area (Å²) in [5.41, 5.74) is 5.73. The Morgan fingerprint density at radius 2 is 2.20 bits per heavy atom. The molecular weight excluding hydrogens is 190 g/mol. The van der Waals surface area contributed by atoms with E-state index in [2.05, 4.69) is 10.3 Å². The molecule has 1 unspecified atom stereocenters. The first-order chi connectivity index (χ1) is 6.93. The predicted octanol–water partition coefficient (Wildman–Crippen LogP) is 0.937. The van der Waals surface area contributed by atoms with Crippen LogP contribution in [-0.4, -0.2) is 22.5 Å². The van der Waals surface area contributed by atoms with Crippen LogP contribution in [-0.2, 0) is 0 Å². The topological polar surface area (TPSA) is 68.0 Å². The Bertz CT molecular complexity index is 333. The quantitative estimate of drug-likeness (QED) is 0.775. The Balaban J connectivity index is 2.73. The van der Waals surface area contributed by atoms with Gasteiger partial charge in [-0.25, -0.2) is 0 Å². The summed E-state index contributed by atoms with van der Waals surface area (Å²) in [7, 11) is 0. The first kappa shape index (κ1) is 11.7. The van der Waals surface area contributed by atoms with Gasteiger partial charge in [-0.3, -0.25) is 9.78 Å². The number of nitrogens with zero attached hydrogens (tertiary/aromatic N) is 1. The summed E-state index contributed by atoms with van der Waals surface area (Å²) >= 11 is 0. The Hall–Kier alpha value is -1.42. The highest BCUT2D eigenvalue weighted by Gasteiger charge is 2.25. The van der Waals surface area contributed by atoms with Gasteiger partial charge in [0, 0.05) is 17.8 Å². The average molecular weight is 207 g/mol. The van der Waals surface area contributed by atoms with Gasteiger partial charge in [0.25, 0.3) is 5.91 Å². The van der Waals surface area contributed by atoms with E-state index in [1.807, 2.05) is 20.8 Å². The van der Waals surface area contributed by atoms with Crippen molar-refractivity contribution in [1.82, 2.24) is 10.3 Å². The van der Waals surface area contributed by atoms with Crippen molar-refractivity contribution in [2.45, 2.75) is 32.4 Å². The molecule has 1 heterocycles. The molecule has 0 aliphatic carbocycles. The van der Waals surface area contributed by atoms with Crippen LogP contribution in [0.3, 0.4) is 0 Å². The molecule has 0 saturated carbocycles. The van der Waals surface area contributed by atoms with Crippen molar-refractivity contribution in [3.05, 3.63) is 30.1 Å². The number of carbonyl (C=O) groups is 1. The SMILES string of the molecule is CC(N)C(C)(C)NC(=O)c1ccccn1. The third kappa shape index (κ3) is 3.02. The molecule has 0 aliphatic rings. The molecule has 1 aromatic rings. The molecule has 0 aliphatic heterocycles. The van der Waals surface area contributed by atoms with Crippen LogP contribution in [0.15, 0.2) is 24.4 Å². The van der Waals surface area contributed by atoms with Crippen LogP contribution in [0.25, 0.3) is 0 Å². The molecule has 0 spiro atoms. The number of aromatic nitrogens is 1. The maximum absolute atomic E-state index is 11.7. The van der Waals surface area contributed by atoms with Crippen molar-refractivity contribution in [1.29, 1.82) is 0 Å². The lowest BCUT2D eigenvalue weighted by Crippen LogP contribution is -2.54. The highest BCUT2D eigenvalue weighted by atomic mass is 16.2. The van der Waals surface area contributed by atoms with Crippen LogP contribution in [0.2, 0.25) is 0 Å². The lowest BCUT2D eigenvalue weighted by atomic mass is 9.97. The lowest BCUT2D eigenvalue weighted by Gasteiger charge is -2.30. The number of rotatable bonds is 3. The van der Waals surface area contributed by atoms with Crippen LogP contribution in [0, 0.1) is 0 Å². The minimum atomic E-state index is -0.436. The van der Waals surface area contributed by atoms with E-state index in [9.17, 15) is 4.79 Å². The van der Waals surface area contributed by atoms with Gasteiger partial charge in [0.2, 0.25) is 0 Å². The molecule has 0 bridgehead atoms. The minimum absolute atomic E-state index is 0.120. The molecule has 82 valence electrons. The number of pyridine rings is 1. The van der Waals surface area contributed by atoms with Gasteiger partial charge in [0.1, 0.15) is 5.69 Å². The smallest absolute Gasteiger partial charge is 0.270 e. The van der Waals surface area contributed by atoms with Crippen LogP contribution in [0.1, 0.15) is 31.3 Å². The average Bonchev–Trinajstić information content (AvgIpc) is 2.18. The van der Waals surface area contributed by atoms with Crippen molar-refractivity contribution in [2.75, 3.05) is 0 Å². The van der Waals surface area contributed by atoms with Crippen LogP contribution in [0.5, 0.6) is 0 Å². The number of nitrogens with one attached hydrogen (secondary N) is 1. The van der Waals surface area contributed by atoms with Gasteiger partial charge >= 0.3 is 0 Å². The fourth-order valence-electron chi connectivity index (χ4n) is 0.968. The fourth-order valence-corrected chi connectivity index (χ4v) is 0.968. The highest BCUT2D eigenvalue weighted by Crippen LogP contribution is 2.07. The third-order valence-electron chi connectivity index (χ3n) is 2.47. The molecule has 0 radical (unpaired) electrons. The second-order valence-electron chi connectivity index (χ2n) is 4.18. The van der Waals surface area contributed by atoms with Gasteiger partial charge < -0.3 is 11.1 Å². The molecule has 3 N–H and O–H groups in total. The van der Waals surface area contributed by atoms with Gasteiger partial charge in [0.05, 0.1) is 0 Å². The summed E-state index contributed by atoms with van der Waals surface area (Å²) in [6, 6.07) is 5.10. The zero-order valence-corrected chi connectivity index (χ0v) is 9.32. The van der Waals surface area contributed by atoms with Crippen molar-refractivity contribution < 1.29 is 4.79 Å². The van der Waals surface area contributed by atoms with E-state index in [1.54, 1.807) is 24.4 Å². The summed E-state index contributed by atoms with van der Waals surface area (Å²) in [5, 5.41) is 2.85. The van der Waals surface area contributed by atoms with Crippen LogP contribution >= 0.6 is 0 Å². The van der Waals surface area contributed by atoms with Crippen molar-refractivity contribution >= 4 is 5.91 Å². The molecule has 1 atom stereocenters. The van der Waals surface area contributed by atoms with Crippen molar-refractivity contribution in [2.24, 2.45) is 5.73 Å². The second-order valence-corrected chi connectivity index (χ2v) is 4.18. The van der Waals surface area contributed by atoms with Gasteiger partial charge in [-0.05, 0) is 32.9 Å². The largest absolute Gasteiger partial charge is 0.344 e. The monoisotopic (exact) mass is 207 g/mol. The molecule has 0 fully saturated rings. The number of nitrogens with two attached hydrogens (primary N) is 1. The number of amides is 1. The van der Waals surface area contributed by atoms with Crippen LogP contribution < -0.4 is 11.1 Å². The summed E-state index contributed by atoms with van der Waals surface area (Å²) in [5.74, 6) is -0.196. The van der Waals surface area contributed by atoms with E-state index in [0.29, 0.717) is 5.69 Å². The lowest BCUT2D eigenvalue weighted by molar-refractivity contribution is 0.0898. The normalized spacial score (nSPS) is 13.3. The fraction of sp³-hybridized carbons (Fsp3) is 0.455. The standard InChI is InChI=1S/C11H17N3O/c1-8(12)11(2,3)14-10(15)9-6-4-5-7-13-9/h4-8H,12H2,1-3H3,(H,14,15). The van der Waals surface area contributed by atoms with E-state index < -0.39 is 5.54 Å². The zero-order chi connectivity index (χ0) is 11.5. The Kier molecular flexibility index (Phi) is 3.42. The van der Waals surface area contributed by atoms with Gasteiger partial charge in [0.15, 0.2) is 0 Å². The molecular formula is C11H17N3O. The third-order valence-corrected chi connectivity index (χ3v) is 2.47. The summed E-state index contributed by atoms with van der Waals surface area (Å²) in [4.78, 5) is 15.7. The molecule has 4 nitrogen and oxygen atoms in total. The molecule has 0 aromatic carbocycles. The van der Waals surface area contributed by atoms with Gasteiger partial charge in [-0.15, -0.1) is 0 Å². The van der Waals surface area contributed by atoms with Crippen molar-refractivity contribution in [3.63, 3.8) is 0 Å². The molecule has 1 aromatic heterocycles. The maximum Gasteiger partial charge on any atom is 0.270 e. The van der Waals surface area contributed by atoms with E-state index in [1.165, 1.54) is 0 Å².